The zero-order chi connectivity index (χ0) is 14.0. The molecule has 104 valence electrons. The van der Waals surface area contributed by atoms with Crippen molar-refractivity contribution in [3.8, 4) is 0 Å². The zero-order valence-electron chi connectivity index (χ0n) is 11.6. The highest BCUT2D eigenvalue weighted by molar-refractivity contribution is 5.21. The topological polar surface area (TPSA) is 78.5 Å². The third-order valence-electron chi connectivity index (χ3n) is 2.66. The van der Waals surface area contributed by atoms with Crippen molar-refractivity contribution in [3.63, 3.8) is 0 Å². The summed E-state index contributed by atoms with van der Waals surface area (Å²) in [6, 6.07) is 8.19. The highest BCUT2D eigenvalue weighted by Crippen LogP contribution is 2.12. The fraction of sp³-hybridized carbons (Fsp3) is 0.571. The molecule has 0 atom stereocenters. The second-order valence-corrected chi connectivity index (χ2v) is 4.66. The monoisotopic (exact) mass is 254 g/mol. The van der Waals surface area contributed by atoms with E-state index in [1.807, 2.05) is 45.3 Å². The summed E-state index contributed by atoms with van der Waals surface area (Å²) in [5.41, 5.74) is 7.32. The van der Waals surface area contributed by atoms with E-state index in [-0.39, 0.29) is 13.2 Å². The Hall–Kier alpha value is -0.940. The molecular weight excluding hydrogens is 228 g/mol. The van der Waals surface area contributed by atoms with Crippen LogP contribution in [-0.4, -0.2) is 43.1 Å². The van der Waals surface area contributed by atoms with E-state index in [2.05, 4.69) is 5.32 Å². The normalized spacial score (nSPS) is 10.8. The van der Waals surface area contributed by atoms with Crippen molar-refractivity contribution in [3.05, 3.63) is 35.4 Å². The van der Waals surface area contributed by atoms with Crippen molar-refractivity contribution in [1.82, 2.24) is 5.32 Å². The lowest BCUT2D eigenvalue weighted by molar-refractivity contribution is 0.115. The average Bonchev–Trinajstić information content (AvgIpc) is 2.39. The van der Waals surface area contributed by atoms with Crippen LogP contribution in [0, 0.1) is 6.92 Å². The van der Waals surface area contributed by atoms with E-state index < -0.39 is 5.54 Å². The van der Waals surface area contributed by atoms with Crippen LogP contribution in [0.4, 0.5) is 0 Å². The van der Waals surface area contributed by atoms with Crippen LogP contribution < -0.4 is 11.1 Å². The van der Waals surface area contributed by atoms with Gasteiger partial charge in [-0.05, 0) is 39.4 Å². The van der Waals surface area contributed by atoms with Crippen LogP contribution in [0.3, 0.4) is 0 Å². The molecule has 1 aromatic rings. The number of nitrogens with two attached hydrogens (primary N) is 1. The largest absolute Gasteiger partial charge is 0.394 e. The van der Waals surface area contributed by atoms with E-state index in [9.17, 15) is 0 Å². The fourth-order valence-corrected chi connectivity index (χ4v) is 1.36. The molecule has 1 aromatic carbocycles. The summed E-state index contributed by atoms with van der Waals surface area (Å²) in [4.78, 5) is 0. The molecule has 0 radical (unpaired) electrons. The smallest absolute Gasteiger partial charge is 0.0633 e. The summed E-state index contributed by atoms with van der Waals surface area (Å²) in [6.45, 7) is 1.67. The third-order valence-corrected chi connectivity index (χ3v) is 2.66. The molecule has 5 N–H and O–H groups in total. The van der Waals surface area contributed by atoms with Gasteiger partial charge in [0.15, 0.2) is 0 Å². The molecule has 18 heavy (non-hydrogen) atoms. The number of aryl methyl sites for hydroxylation is 2. The summed E-state index contributed by atoms with van der Waals surface area (Å²) in [5.74, 6) is 0. The minimum absolute atomic E-state index is 0.185. The Labute approximate surface area is 110 Å². The van der Waals surface area contributed by atoms with Crippen molar-refractivity contribution < 1.29 is 10.2 Å². The van der Waals surface area contributed by atoms with Gasteiger partial charge in [-0.15, -0.1) is 0 Å². The Kier molecular flexibility index (Phi) is 8.58. The Balaban J connectivity index is 0.000000873. The van der Waals surface area contributed by atoms with Crippen LogP contribution in [0.2, 0.25) is 0 Å². The maximum Gasteiger partial charge on any atom is 0.0633 e. The predicted octanol–water partition coefficient (Wildman–Crippen LogP) is 0.445. The number of hydrogen-bond acceptors (Lipinski definition) is 4. The number of benzene rings is 1. The van der Waals surface area contributed by atoms with Crippen LogP contribution in [-0.2, 0) is 6.42 Å². The molecule has 0 saturated heterocycles. The van der Waals surface area contributed by atoms with Crippen molar-refractivity contribution >= 4 is 0 Å². The molecule has 0 heterocycles. The molecule has 4 heteroatoms. The molecule has 0 aromatic heterocycles. The summed E-state index contributed by atoms with van der Waals surface area (Å²) in [7, 11) is 3.75. The van der Waals surface area contributed by atoms with E-state index in [0.29, 0.717) is 6.42 Å². The van der Waals surface area contributed by atoms with Gasteiger partial charge in [-0.25, -0.2) is 0 Å². The molecular formula is C14H26N2O2. The molecule has 0 saturated carbocycles. The summed E-state index contributed by atoms with van der Waals surface area (Å²) >= 11 is 0. The quantitative estimate of drug-likeness (QED) is 0.615. The molecule has 0 fully saturated rings. The second-order valence-electron chi connectivity index (χ2n) is 4.66. The predicted molar refractivity (Wildman–Crippen MR) is 75.6 cm³/mol. The first-order chi connectivity index (χ1) is 8.51. The van der Waals surface area contributed by atoms with Gasteiger partial charge in [0, 0.05) is 0 Å². The van der Waals surface area contributed by atoms with Crippen LogP contribution in [0.1, 0.15) is 17.5 Å². The lowest BCUT2D eigenvalue weighted by atomic mass is 9.94. The van der Waals surface area contributed by atoms with E-state index in [0.717, 1.165) is 6.42 Å². The lowest BCUT2D eigenvalue weighted by Gasteiger charge is -2.24. The van der Waals surface area contributed by atoms with Crippen molar-refractivity contribution in [1.29, 1.82) is 0 Å². The molecule has 0 aliphatic heterocycles. The summed E-state index contributed by atoms with van der Waals surface area (Å²) < 4.78 is 0. The van der Waals surface area contributed by atoms with Gasteiger partial charge in [0.05, 0.1) is 18.8 Å². The number of aliphatic hydroxyl groups is 2. The molecule has 0 amide bonds. The van der Waals surface area contributed by atoms with Gasteiger partial charge in [0.25, 0.3) is 0 Å². The number of nitrogens with one attached hydrogen (secondary N) is 1. The van der Waals surface area contributed by atoms with Gasteiger partial charge in [0.1, 0.15) is 0 Å². The standard InChI is InChI=1S/C12H19NO2.C2H7N/c1-10-2-4-11(5-3-10)6-7-12(13,8-14)9-15;1-3-2/h2-5,14-15H,6-9,13H2,1H3;3H,1-2H3. The minimum atomic E-state index is -0.856. The zero-order valence-corrected chi connectivity index (χ0v) is 11.6. The van der Waals surface area contributed by atoms with Crippen molar-refractivity contribution in [2.24, 2.45) is 5.73 Å². The van der Waals surface area contributed by atoms with Gasteiger partial charge in [-0.3, -0.25) is 0 Å². The average molecular weight is 254 g/mol. The van der Waals surface area contributed by atoms with Crippen LogP contribution in [0.25, 0.3) is 0 Å². The first-order valence-electron chi connectivity index (χ1n) is 6.16. The molecule has 0 unspecified atom stereocenters. The van der Waals surface area contributed by atoms with Crippen LogP contribution >= 0.6 is 0 Å². The highest BCUT2D eigenvalue weighted by Gasteiger charge is 2.22. The van der Waals surface area contributed by atoms with Crippen LogP contribution in [0.5, 0.6) is 0 Å². The molecule has 0 aliphatic carbocycles. The minimum Gasteiger partial charge on any atom is -0.394 e. The first-order valence-corrected chi connectivity index (χ1v) is 6.16. The number of hydrogen-bond donors (Lipinski definition) is 4. The molecule has 1 rings (SSSR count). The molecule has 0 aliphatic rings. The number of aliphatic hydroxyl groups excluding tert-OH is 2. The molecule has 0 spiro atoms. The van der Waals surface area contributed by atoms with Crippen molar-refractivity contribution in [2.75, 3.05) is 27.3 Å². The Morgan fingerprint density at radius 1 is 1.11 bits per heavy atom. The van der Waals surface area contributed by atoms with E-state index in [1.165, 1.54) is 11.1 Å². The maximum absolute atomic E-state index is 9.02. The maximum atomic E-state index is 9.02. The van der Waals surface area contributed by atoms with E-state index >= 15 is 0 Å². The van der Waals surface area contributed by atoms with Gasteiger partial charge in [-0.2, -0.15) is 0 Å². The van der Waals surface area contributed by atoms with Gasteiger partial charge in [0.2, 0.25) is 0 Å². The SMILES string of the molecule is CNC.Cc1ccc(CCC(N)(CO)CO)cc1. The Bertz CT molecular complexity index is 308. The van der Waals surface area contributed by atoms with Crippen molar-refractivity contribution in [2.45, 2.75) is 25.3 Å². The van der Waals surface area contributed by atoms with Gasteiger partial charge >= 0.3 is 0 Å². The summed E-state index contributed by atoms with van der Waals surface area (Å²) in [6.07, 6.45) is 1.36. The Morgan fingerprint density at radius 3 is 1.94 bits per heavy atom. The van der Waals surface area contributed by atoms with Gasteiger partial charge < -0.3 is 21.3 Å². The first kappa shape index (κ1) is 17.1. The highest BCUT2D eigenvalue weighted by atomic mass is 16.3. The molecule has 4 nitrogen and oxygen atoms in total. The Morgan fingerprint density at radius 2 is 1.56 bits per heavy atom. The van der Waals surface area contributed by atoms with E-state index in [1.54, 1.807) is 0 Å². The van der Waals surface area contributed by atoms with Crippen LogP contribution in [0.15, 0.2) is 24.3 Å². The fourth-order valence-electron chi connectivity index (χ4n) is 1.36. The number of rotatable bonds is 5. The lowest BCUT2D eigenvalue weighted by Crippen LogP contribution is -2.47. The summed E-state index contributed by atoms with van der Waals surface area (Å²) in [5, 5.41) is 20.8. The second kappa shape index (κ2) is 9.05. The van der Waals surface area contributed by atoms with E-state index in [4.69, 9.17) is 15.9 Å². The third kappa shape index (κ3) is 6.71. The molecule has 0 bridgehead atoms. The van der Waals surface area contributed by atoms with Gasteiger partial charge in [-0.1, -0.05) is 29.8 Å².